The molecule has 0 saturated carbocycles. The number of hydrogen-bond acceptors (Lipinski definition) is 7. The van der Waals surface area contributed by atoms with Gasteiger partial charge >= 0.3 is 5.97 Å². The zero-order chi connectivity index (χ0) is 25.3. The Morgan fingerprint density at radius 2 is 1.69 bits per heavy atom. The largest absolute Gasteiger partial charge is 0.497 e. The Bertz CT molecular complexity index is 1210. The minimum atomic E-state index is -0.779. The minimum absolute atomic E-state index is 0.0413. The Balaban J connectivity index is 1.77. The Morgan fingerprint density at radius 3 is 2.26 bits per heavy atom. The van der Waals surface area contributed by atoms with Crippen molar-refractivity contribution in [3.05, 3.63) is 81.0 Å². The van der Waals surface area contributed by atoms with Crippen LogP contribution in [0.5, 0.6) is 5.75 Å². The average molecular weight is 477 g/mol. The number of methoxy groups -OCH3 is 1. The fourth-order valence-corrected chi connectivity index (χ4v) is 4.95. The first-order valence-corrected chi connectivity index (χ1v) is 11.6. The topological polar surface area (TPSA) is 108 Å². The summed E-state index contributed by atoms with van der Waals surface area (Å²) in [4.78, 5) is 42.2. The molecule has 0 saturated heterocycles. The number of nitro benzene ring substituents is 1. The highest BCUT2D eigenvalue weighted by atomic mass is 16.6. The van der Waals surface area contributed by atoms with E-state index >= 15 is 0 Å². The van der Waals surface area contributed by atoms with Crippen molar-refractivity contribution in [3.63, 3.8) is 0 Å². The number of ether oxygens (including phenoxy) is 2. The molecule has 1 aliphatic carbocycles. The standard InChI is InChI=1S/C27H28N2O6/c1-15(2)35-27(31)24-16(3)28-22-13-19(17-7-11-21(34-4)12-8-17)14-23(30)26(22)25(24)18-5-9-20(10-6-18)29(32)33/h5-12,15,19,24-25H,13-14H2,1-4H3/t19-,24?,25-/m0/s1. The molecule has 3 atom stereocenters. The number of Topliss-reactive ketones (excluding diaryl/α,β-unsaturated/α-hetero) is 1. The lowest BCUT2D eigenvalue weighted by Gasteiger charge is -2.36. The number of esters is 1. The molecule has 0 amide bonds. The normalized spacial score (nSPS) is 21.9. The highest BCUT2D eigenvalue weighted by Crippen LogP contribution is 2.47. The van der Waals surface area contributed by atoms with E-state index in [0.29, 0.717) is 29.0 Å². The Morgan fingerprint density at radius 1 is 1.06 bits per heavy atom. The number of benzene rings is 2. The summed E-state index contributed by atoms with van der Waals surface area (Å²) < 4.78 is 10.8. The number of ketones is 1. The highest BCUT2D eigenvalue weighted by Gasteiger charge is 2.45. The van der Waals surface area contributed by atoms with Crippen molar-refractivity contribution in [2.45, 2.75) is 51.6 Å². The Kier molecular flexibility index (Phi) is 6.82. The van der Waals surface area contributed by atoms with Crippen LogP contribution in [0.15, 0.2) is 64.8 Å². The molecule has 0 spiro atoms. The summed E-state index contributed by atoms with van der Waals surface area (Å²) in [6.07, 6.45) is 0.514. The van der Waals surface area contributed by atoms with Gasteiger partial charge in [-0.3, -0.25) is 24.7 Å². The van der Waals surface area contributed by atoms with Crippen molar-refractivity contribution in [1.29, 1.82) is 0 Å². The second-order valence-electron chi connectivity index (χ2n) is 9.20. The summed E-state index contributed by atoms with van der Waals surface area (Å²) in [5.41, 5.74) is 3.35. The molecule has 1 aliphatic heterocycles. The molecule has 0 radical (unpaired) electrons. The average Bonchev–Trinajstić information content (AvgIpc) is 2.82. The van der Waals surface area contributed by atoms with Gasteiger partial charge in [0.15, 0.2) is 5.78 Å². The summed E-state index contributed by atoms with van der Waals surface area (Å²) in [7, 11) is 1.61. The van der Waals surface area contributed by atoms with Crippen molar-refractivity contribution in [1.82, 2.24) is 0 Å². The maximum atomic E-state index is 13.6. The molecule has 0 N–H and O–H groups in total. The van der Waals surface area contributed by atoms with Crippen LogP contribution in [-0.4, -0.2) is 35.6 Å². The van der Waals surface area contributed by atoms with E-state index in [-0.39, 0.29) is 29.9 Å². The smallest absolute Gasteiger partial charge is 0.315 e. The van der Waals surface area contributed by atoms with Crippen LogP contribution in [0.2, 0.25) is 0 Å². The molecular formula is C27H28N2O6. The van der Waals surface area contributed by atoms with E-state index in [0.717, 1.165) is 11.3 Å². The number of aliphatic imine (C=N–C) groups is 1. The number of non-ortho nitro benzene ring substituents is 1. The van der Waals surface area contributed by atoms with Gasteiger partial charge in [0.25, 0.3) is 5.69 Å². The molecule has 182 valence electrons. The van der Waals surface area contributed by atoms with Gasteiger partial charge in [-0.15, -0.1) is 0 Å². The number of hydrogen-bond donors (Lipinski definition) is 0. The van der Waals surface area contributed by atoms with Crippen LogP contribution in [0.3, 0.4) is 0 Å². The van der Waals surface area contributed by atoms with E-state index in [1.165, 1.54) is 12.1 Å². The van der Waals surface area contributed by atoms with Crippen LogP contribution in [0.25, 0.3) is 0 Å². The molecule has 8 heteroatoms. The molecule has 0 bridgehead atoms. The lowest BCUT2D eigenvalue weighted by atomic mass is 9.69. The van der Waals surface area contributed by atoms with Gasteiger partial charge in [0.05, 0.1) is 18.1 Å². The Hall–Kier alpha value is -3.81. The number of allylic oxidation sites excluding steroid dienone is 2. The van der Waals surface area contributed by atoms with Gasteiger partial charge in [-0.05, 0) is 56.4 Å². The second-order valence-corrected chi connectivity index (χ2v) is 9.20. The number of nitro groups is 1. The molecule has 35 heavy (non-hydrogen) atoms. The number of rotatable bonds is 6. The number of carbonyl (C=O) groups is 2. The Labute approximate surface area is 203 Å². The van der Waals surface area contributed by atoms with Crippen LogP contribution in [0.4, 0.5) is 5.69 Å². The van der Waals surface area contributed by atoms with Gasteiger partial charge in [0, 0.05) is 41.5 Å². The summed E-state index contributed by atoms with van der Waals surface area (Å²) in [6.45, 7) is 5.31. The first-order chi connectivity index (χ1) is 16.7. The van der Waals surface area contributed by atoms with Gasteiger partial charge in [-0.2, -0.15) is 0 Å². The first kappa shape index (κ1) is 24.3. The molecule has 8 nitrogen and oxygen atoms in total. The number of nitrogens with zero attached hydrogens (tertiary/aromatic N) is 2. The van der Waals surface area contributed by atoms with Crippen LogP contribution >= 0.6 is 0 Å². The quantitative estimate of drug-likeness (QED) is 0.325. The molecule has 4 rings (SSSR count). The van der Waals surface area contributed by atoms with Crippen molar-refractivity contribution in [3.8, 4) is 5.75 Å². The second kappa shape index (κ2) is 9.82. The minimum Gasteiger partial charge on any atom is -0.497 e. The first-order valence-electron chi connectivity index (χ1n) is 11.6. The van der Waals surface area contributed by atoms with Crippen molar-refractivity contribution >= 4 is 23.2 Å². The maximum Gasteiger partial charge on any atom is 0.315 e. The van der Waals surface area contributed by atoms with Crippen LogP contribution in [0.1, 0.15) is 56.6 Å². The molecule has 2 aromatic carbocycles. The summed E-state index contributed by atoms with van der Waals surface area (Å²) in [5.74, 6) is -1.22. The van der Waals surface area contributed by atoms with E-state index in [1.54, 1.807) is 40.0 Å². The SMILES string of the molecule is COc1ccc([C@@H]2CC(=O)C3=C(C2)N=C(C)C(C(=O)OC(C)C)[C@@H]3c2ccc([N+](=O)[O-])cc2)cc1. The highest BCUT2D eigenvalue weighted by molar-refractivity contribution is 6.09. The van der Waals surface area contributed by atoms with E-state index in [2.05, 4.69) is 0 Å². The van der Waals surface area contributed by atoms with Gasteiger partial charge in [-0.1, -0.05) is 24.3 Å². The fourth-order valence-electron chi connectivity index (χ4n) is 4.95. The molecule has 1 unspecified atom stereocenters. The molecule has 0 fully saturated rings. The van der Waals surface area contributed by atoms with Crippen LogP contribution in [-0.2, 0) is 14.3 Å². The van der Waals surface area contributed by atoms with Crippen LogP contribution < -0.4 is 4.74 Å². The lowest BCUT2D eigenvalue weighted by molar-refractivity contribution is -0.384. The van der Waals surface area contributed by atoms with E-state index in [1.807, 2.05) is 24.3 Å². The van der Waals surface area contributed by atoms with Gasteiger partial charge in [-0.25, -0.2) is 0 Å². The molecular weight excluding hydrogens is 448 g/mol. The van der Waals surface area contributed by atoms with Crippen molar-refractivity contribution in [2.75, 3.05) is 7.11 Å². The summed E-state index contributed by atoms with van der Waals surface area (Å²) in [6, 6.07) is 13.7. The monoisotopic (exact) mass is 476 g/mol. The molecule has 2 aromatic rings. The third-order valence-corrected chi connectivity index (χ3v) is 6.54. The summed E-state index contributed by atoms with van der Waals surface area (Å²) in [5, 5.41) is 11.2. The third-order valence-electron chi connectivity index (χ3n) is 6.54. The zero-order valence-corrected chi connectivity index (χ0v) is 20.2. The lowest BCUT2D eigenvalue weighted by Crippen LogP contribution is -2.38. The predicted molar refractivity (Wildman–Crippen MR) is 131 cm³/mol. The maximum absolute atomic E-state index is 13.6. The number of carbonyl (C=O) groups excluding carboxylic acids is 2. The van der Waals surface area contributed by atoms with Gasteiger partial charge < -0.3 is 9.47 Å². The van der Waals surface area contributed by atoms with Gasteiger partial charge in [0.1, 0.15) is 11.7 Å². The van der Waals surface area contributed by atoms with Crippen LogP contribution in [0, 0.1) is 16.0 Å². The fraction of sp³-hybridized carbons (Fsp3) is 0.370. The molecule has 2 aliphatic rings. The predicted octanol–water partition coefficient (Wildman–Crippen LogP) is 5.13. The van der Waals surface area contributed by atoms with Gasteiger partial charge in [0.2, 0.25) is 0 Å². The van der Waals surface area contributed by atoms with Crippen molar-refractivity contribution < 1.29 is 24.0 Å². The molecule has 1 heterocycles. The van der Waals surface area contributed by atoms with E-state index in [9.17, 15) is 19.7 Å². The third kappa shape index (κ3) is 4.87. The van der Waals surface area contributed by atoms with E-state index in [4.69, 9.17) is 14.5 Å². The molecule has 0 aromatic heterocycles. The van der Waals surface area contributed by atoms with E-state index < -0.39 is 22.7 Å². The summed E-state index contributed by atoms with van der Waals surface area (Å²) >= 11 is 0. The zero-order valence-electron chi connectivity index (χ0n) is 20.2. The van der Waals surface area contributed by atoms with Crippen molar-refractivity contribution in [2.24, 2.45) is 10.9 Å².